The number of rotatable bonds is 7. The summed E-state index contributed by atoms with van der Waals surface area (Å²) in [6.07, 6.45) is 3.01. The van der Waals surface area contributed by atoms with Crippen LogP contribution in [0.2, 0.25) is 0 Å². The Bertz CT molecular complexity index is 489. The Morgan fingerprint density at radius 3 is 2.65 bits per heavy atom. The lowest BCUT2D eigenvalue weighted by Gasteiger charge is -2.17. The molecule has 1 N–H and O–H groups in total. The highest BCUT2D eigenvalue weighted by Gasteiger charge is 2.23. The molecule has 1 aromatic carbocycles. The largest absolute Gasteiger partial charge is 0.388 e. The number of amides is 1. The number of unbranched alkanes of at least 4 members (excludes halogenated alkanes) is 2. The maximum absolute atomic E-state index is 12.3. The van der Waals surface area contributed by atoms with Crippen molar-refractivity contribution in [3.8, 4) is 0 Å². The van der Waals surface area contributed by atoms with Gasteiger partial charge < -0.3 is 10.2 Å². The van der Waals surface area contributed by atoms with E-state index in [1.165, 1.54) is 17.0 Å². The number of nitrogens with one attached hydrogen (secondary N) is 1. The van der Waals surface area contributed by atoms with Gasteiger partial charge in [0.1, 0.15) is 5.56 Å². The maximum Gasteiger partial charge on any atom is 0.282 e. The normalized spacial score (nSPS) is 10.2. The molecule has 6 heteroatoms. The lowest BCUT2D eigenvalue weighted by atomic mass is 10.1. The highest BCUT2D eigenvalue weighted by atomic mass is 16.6. The van der Waals surface area contributed by atoms with Gasteiger partial charge in [-0.3, -0.25) is 14.9 Å². The fourth-order valence-electron chi connectivity index (χ4n) is 1.93. The minimum atomic E-state index is -0.521. The Kier molecular flexibility index (Phi) is 5.96. The van der Waals surface area contributed by atoms with Crippen molar-refractivity contribution in [1.29, 1.82) is 0 Å². The van der Waals surface area contributed by atoms with Crippen molar-refractivity contribution < 1.29 is 9.72 Å². The molecule has 0 radical (unpaired) electrons. The molecule has 0 aliphatic rings. The second-order valence-electron chi connectivity index (χ2n) is 4.67. The molecule has 0 bridgehead atoms. The molecule has 6 nitrogen and oxygen atoms in total. The molecule has 0 aliphatic carbocycles. The van der Waals surface area contributed by atoms with E-state index in [9.17, 15) is 14.9 Å². The highest BCUT2D eigenvalue weighted by Crippen LogP contribution is 2.23. The first kappa shape index (κ1) is 15.9. The van der Waals surface area contributed by atoms with Crippen LogP contribution >= 0.6 is 0 Å². The Hall–Kier alpha value is -2.11. The van der Waals surface area contributed by atoms with Gasteiger partial charge in [-0.2, -0.15) is 0 Å². The first-order valence-electron chi connectivity index (χ1n) is 6.73. The van der Waals surface area contributed by atoms with Crippen molar-refractivity contribution in [2.45, 2.75) is 26.2 Å². The van der Waals surface area contributed by atoms with Crippen molar-refractivity contribution in [1.82, 2.24) is 4.90 Å². The summed E-state index contributed by atoms with van der Waals surface area (Å²) in [5, 5.41) is 13.9. The van der Waals surface area contributed by atoms with Crippen molar-refractivity contribution in [3.63, 3.8) is 0 Å². The van der Waals surface area contributed by atoms with E-state index in [0.29, 0.717) is 12.2 Å². The quantitative estimate of drug-likeness (QED) is 0.473. The summed E-state index contributed by atoms with van der Waals surface area (Å²) in [6.45, 7) is 2.69. The molecule has 0 fully saturated rings. The molecular weight excluding hydrogens is 258 g/mol. The van der Waals surface area contributed by atoms with Crippen LogP contribution in [0.25, 0.3) is 0 Å². The second-order valence-corrected chi connectivity index (χ2v) is 4.67. The molecule has 0 heterocycles. The molecule has 0 spiro atoms. The fourth-order valence-corrected chi connectivity index (χ4v) is 1.93. The number of carbonyl (C=O) groups excluding carboxylic acids is 1. The van der Waals surface area contributed by atoms with Crippen molar-refractivity contribution in [2.24, 2.45) is 0 Å². The molecule has 1 aromatic rings. The van der Waals surface area contributed by atoms with Crippen LogP contribution in [0.5, 0.6) is 0 Å². The van der Waals surface area contributed by atoms with Crippen LogP contribution in [0.4, 0.5) is 11.4 Å². The Morgan fingerprint density at radius 2 is 2.10 bits per heavy atom. The first-order chi connectivity index (χ1) is 9.51. The Morgan fingerprint density at radius 1 is 1.40 bits per heavy atom. The highest BCUT2D eigenvalue weighted by molar-refractivity contribution is 5.99. The fraction of sp³-hybridized carbons (Fsp3) is 0.500. The van der Waals surface area contributed by atoms with Gasteiger partial charge in [0, 0.05) is 32.4 Å². The molecule has 0 unspecified atom stereocenters. The molecule has 0 saturated carbocycles. The Labute approximate surface area is 118 Å². The lowest BCUT2D eigenvalue weighted by Crippen LogP contribution is -2.28. The number of anilines is 1. The van der Waals surface area contributed by atoms with Crippen LogP contribution in [0.3, 0.4) is 0 Å². The van der Waals surface area contributed by atoms with E-state index in [4.69, 9.17) is 0 Å². The van der Waals surface area contributed by atoms with Crippen LogP contribution in [-0.2, 0) is 0 Å². The third kappa shape index (κ3) is 3.94. The molecule has 110 valence electrons. The maximum atomic E-state index is 12.3. The number of carbonyl (C=O) groups is 1. The number of nitrogens with zero attached hydrogens (tertiary/aromatic N) is 2. The standard InChI is InChI=1S/C14H21N3O3/c1-4-5-6-9-16(3)14(18)12-10-11(15-2)7-8-13(12)17(19)20/h7-8,10,15H,4-6,9H2,1-3H3. The molecule has 1 amide bonds. The number of hydrogen-bond acceptors (Lipinski definition) is 4. The zero-order valence-electron chi connectivity index (χ0n) is 12.2. The third-order valence-corrected chi connectivity index (χ3v) is 3.16. The predicted octanol–water partition coefficient (Wildman–Crippen LogP) is 2.90. The van der Waals surface area contributed by atoms with Crippen LogP contribution in [0.1, 0.15) is 36.5 Å². The smallest absolute Gasteiger partial charge is 0.282 e. The summed E-state index contributed by atoms with van der Waals surface area (Å²) in [7, 11) is 3.38. The average Bonchev–Trinajstić information content (AvgIpc) is 2.45. The van der Waals surface area contributed by atoms with Crippen LogP contribution in [0, 0.1) is 10.1 Å². The van der Waals surface area contributed by atoms with E-state index in [-0.39, 0.29) is 17.2 Å². The monoisotopic (exact) mass is 279 g/mol. The number of nitro benzene ring substituents is 1. The second kappa shape index (κ2) is 7.47. The number of nitro groups is 1. The Balaban J connectivity index is 2.97. The first-order valence-corrected chi connectivity index (χ1v) is 6.73. The zero-order chi connectivity index (χ0) is 15.1. The summed E-state index contributed by atoms with van der Waals surface area (Å²) < 4.78 is 0. The number of benzene rings is 1. The molecule has 0 saturated heterocycles. The minimum Gasteiger partial charge on any atom is -0.388 e. The van der Waals surface area contributed by atoms with E-state index in [1.54, 1.807) is 20.2 Å². The van der Waals surface area contributed by atoms with E-state index >= 15 is 0 Å². The van der Waals surface area contributed by atoms with Crippen molar-refractivity contribution in [2.75, 3.05) is 26.0 Å². The van der Waals surface area contributed by atoms with Gasteiger partial charge in [0.15, 0.2) is 0 Å². The van der Waals surface area contributed by atoms with Crippen LogP contribution in [0.15, 0.2) is 18.2 Å². The van der Waals surface area contributed by atoms with Crippen LogP contribution in [-0.4, -0.2) is 36.4 Å². The third-order valence-electron chi connectivity index (χ3n) is 3.16. The summed E-state index contributed by atoms with van der Waals surface area (Å²) in [4.78, 5) is 24.4. The van der Waals surface area contributed by atoms with E-state index in [2.05, 4.69) is 12.2 Å². The SMILES string of the molecule is CCCCCN(C)C(=O)c1cc(NC)ccc1[N+](=O)[O-]. The van der Waals surface area contributed by atoms with Gasteiger partial charge in [0.25, 0.3) is 11.6 Å². The predicted molar refractivity (Wildman–Crippen MR) is 79.1 cm³/mol. The lowest BCUT2D eigenvalue weighted by molar-refractivity contribution is -0.385. The van der Waals surface area contributed by atoms with Gasteiger partial charge >= 0.3 is 0 Å². The van der Waals surface area contributed by atoms with Gasteiger partial charge in [-0.1, -0.05) is 19.8 Å². The molecule has 0 aromatic heterocycles. The van der Waals surface area contributed by atoms with Gasteiger partial charge in [0.05, 0.1) is 4.92 Å². The van der Waals surface area contributed by atoms with E-state index < -0.39 is 4.92 Å². The summed E-state index contributed by atoms with van der Waals surface area (Å²) in [5.74, 6) is -0.315. The number of hydrogen-bond donors (Lipinski definition) is 1. The molecule has 0 aliphatic heterocycles. The topological polar surface area (TPSA) is 75.5 Å². The molecule has 1 rings (SSSR count). The molecule has 0 atom stereocenters. The summed E-state index contributed by atoms with van der Waals surface area (Å²) in [6, 6.07) is 4.47. The van der Waals surface area contributed by atoms with E-state index in [1.807, 2.05) is 0 Å². The van der Waals surface area contributed by atoms with Crippen molar-refractivity contribution >= 4 is 17.3 Å². The summed E-state index contributed by atoms with van der Waals surface area (Å²) >= 11 is 0. The summed E-state index contributed by atoms with van der Waals surface area (Å²) in [5.41, 5.74) is 0.651. The zero-order valence-corrected chi connectivity index (χ0v) is 12.2. The van der Waals surface area contributed by atoms with Crippen LogP contribution < -0.4 is 5.32 Å². The van der Waals surface area contributed by atoms with Gasteiger partial charge in [-0.15, -0.1) is 0 Å². The van der Waals surface area contributed by atoms with Gasteiger partial charge in [-0.25, -0.2) is 0 Å². The minimum absolute atomic E-state index is 0.126. The van der Waals surface area contributed by atoms with Crippen molar-refractivity contribution in [3.05, 3.63) is 33.9 Å². The van der Waals surface area contributed by atoms with E-state index in [0.717, 1.165) is 19.3 Å². The molecule has 20 heavy (non-hydrogen) atoms. The van der Waals surface area contributed by atoms with Gasteiger partial charge in [0.2, 0.25) is 0 Å². The van der Waals surface area contributed by atoms with Gasteiger partial charge in [-0.05, 0) is 18.6 Å². The average molecular weight is 279 g/mol. The molecular formula is C14H21N3O3.